The van der Waals surface area contributed by atoms with Crippen LogP contribution in [0.25, 0.3) is 0 Å². The number of nitro groups is 1. The monoisotopic (exact) mass is 314 g/mol. The van der Waals surface area contributed by atoms with Gasteiger partial charge >= 0.3 is 0 Å². The summed E-state index contributed by atoms with van der Waals surface area (Å²) < 4.78 is 0.219. The van der Waals surface area contributed by atoms with Gasteiger partial charge in [0.2, 0.25) is 0 Å². The number of carbonyl (C=O) groups excluding carboxylic acids is 1. The molecule has 0 bridgehead atoms. The van der Waals surface area contributed by atoms with Crippen LogP contribution in [0.5, 0.6) is 0 Å². The minimum atomic E-state index is -0.519. The number of amides is 1. The van der Waals surface area contributed by atoms with Crippen LogP contribution in [0, 0.1) is 16.0 Å². The molecule has 1 aromatic carbocycles. The van der Waals surface area contributed by atoms with Crippen LogP contribution in [-0.2, 0) is 0 Å². The zero-order chi connectivity index (χ0) is 13.7. The first-order chi connectivity index (χ1) is 8.43. The van der Waals surface area contributed by atoms with Crippen molar-refractivity contribution >= 4 is 27.5 Å². The Morgan fingerprint density at radius 3 is 2.72 bits per heavy atom. The van der Waals surface area contributed by atoms with Crippen LogP contribution < -0.4 is 5.32 Å². The highest BCUT2D eigenvalue weighted by atomic mass is 79.9. The second-order valence-corrected chi connectivity index (χ2v) is 5.13. The molecule has 0 aliphatic carbocycles. The molecule has 0 aliphatic heterocycles. The Balaban J connectivity index is 2.80. The van der Waals surface area contributed by atoms with Crippen molar-refractivity contribution in [1.29, 1.82) is 0 Å². The largest absolute Gasteiger partial charge is 0.352 e. The number of nitrogens with zero attached hydrogens (tertiary/aromatic N) is 1. The Kier molecular flexibility index (Phi) is 5.27. The Bertz CT molecular complexity index is 461. The van der Waals surface area contributed by atoms with Gasteiger partial charge in [-0.05, 0) is 34.3 Å². The van der Waals surface area contributed by atoms with E-state index in [4.69, 9.17) is 0 Å². The van der Waals surface area contributed by atoms with E-state index in [2.05, 4.69) is 35.1 Å². The van der Waals surface area contributed by atoms with E-state index < -0.39 is 4.92 Å². The maximum atomic E-state index is 11.9. The molecule has 5 nitrogen and oxygen atoms in total. The number of halogens is 1. The third kappa shape index (κ3) is 3.80. The fraction of sp³-hybridized carbons (Fsp3) is 0.417. The van der Waals surface area contributed by atoms with Gasteiger partial charge in [0.15, 0.2) is 0 Å². The van der Waals surface area contributed by atoms with Crippen LogP contribution in [0.2, 0.25) is 0 Å². The molecule has 0 aliphatic rings. The average Bonchev–Trinajstić information content (AvgIpc) is 2.28. The van der Waals surface area contributed by atoms with Gasteiger partial charge in [0.25, 0.3) is 11.6 Å². The second kappa shape index (κ2) is 6.49. The van der Waals surface area contributed by atoms with Crippen molar-refractivity contribution in [3.8, 4) is 0 Å². The summed E-state index contributed by atoms with van der Waals surface area (Å²) >= 11 is 3.10. The standard InChI is InChI=1S/C12H15BrN2O3/c1-8(2)6-7-14-12(16)9-4-3-5-10(11(9)13)15(17)18/h3-5,8H,6-7H2,1-2H3,(H,14,16). The first kappa shape index (κ1) is 14.6. The normalized spacial score (nSPS) is 10.4. The molecule has 0 fully saturated rings. The summed E-state index contributed by atoms with van der Waals surface area (Å²) in [6, 6.07) is 4.41. The Hall–Kier alpha value is -1.43. The van der Waals surface area contributed by atoms with Gasteiger partial charge in [-0.3, -0.25) is 14.9 Å². The van der Waals surface area contributed by atoms with Gasteiger partial charge < -0.3 is 5.32 Å². The zero-order valence-corrected chi connectivity index (χ0v) is 11.9. The molecule has 1 rings (SSSR count). The third-order valence-electron chi connectivity index (χ3n) is 2.43. The number of nitrogens with one attached hydrogen (secondary N) is 1. The van der Waals surface area contributed by atoms with Crippen LogP contribution in [0.15, 0.2) is 22.7 Å². The van der Waals surface area contributed by atoms with E-state index in [0.29, 0.717) is 12.5 Å². The molecule has 6 heteroatoms. The van der Waals surface area contributed by atoms with E-state index in [1.165, 1.54) is 12.1 Å². The van der Waals surface area contributed by atoms with Crippen LogP contribution >= 0.6 is 15.9 Å². The summed E-state index contributed by atoms with van der Waals surface area (Å²) in [6.45, 7) is 4.69. The molecule has 18 heavy (non-hydrogen) atoms. The van der Waals surface area contributed by atoms with Gasteiger partial charge in [-0.15, -0.1) is 0 Å². The van der Waals surface area contributed by atoms with Crippen LogP contribution in [0.4, 0.5) is 5.69 Å². The summed E-state index contributed by atoms with van der Waals surface area (Å²) in [4.78, 5) is 22.1. The lowest BCUT2D eigenvalue weighted by Gasteiger charge is -2.08. The van der Waals surface area contributed by atoms with Crippen molar-refractivity contribution in [3.05, 3.63) is 38.3 Å². The molecular formula is C12H15BrN2O3. The Labute approximate surface area is 114 Å². The first-order valence-corrected chi connectivity index (χ1v) is 6.44. The predicted octanol–water partition coefficient (Wildman–Crippen LogP) is 3.13. The molecule has 1 aromatic rings. The quantitative estimate of drug-likeness (QED) is 0.670. The number of rotatable bonds is 5. The lowest BCUT2D eigenvalue weighted by Crippen LogP contribution is -2.25. The van der Waals surface area contributed by atoms with Crippen molar-refractivity contribution in [2.24, 2.45) is 5.92 Å². The van der Waals surface area contributed by atoms with Gasteiger partial charge in [-0.25, -0.2) is 0 Å². The van der Waals surface area contributed by atoms with Gasteiger partial charge in [0, 0.05) is 12.6 Å². The fourth-order valence-electron chi connectivity index (χ4n) is 1.41. The summed E-state index contributed by atoms with van der Waals surface area (Å²) in [5, 5.41) is 13.5. The molecule has 1 N–H and O–H groups in total. The molecule has 0 heterocycles. The summed E-state index contributed by atoms with van der Waals surface area (Å²) in [6.07, 6.45) is 0.873. The fourth-order valence-corrected chi connectivity index (χ4v) is 1.99. The molecule has 0 saturated carbocycles. The zero-order valence-electron chi connectivity index (χ0n) is 10.3. The molecule has 0 aromatic heterocycles. The third-order valence-corrected chi connectivity index (χ3v) is 3.26. The van der Waals surface area contributed by atoms with Gasteiger partial charge in [-0.2, -0.15) is 0 Å². The SMILES string of the molecule is CC(C)CCNC(=O)c1cccc([N+](=O)[O-])c1Br. The predicted molar refractivity (Wildman–Crippen MR) is 72.6 cm³/mol. The Morgan fingerprint density at radius 1 is 1.50 bits per heavy atom. The number of nitro benzene ring substituents is 1. The van der Waals surface area contributed by atoms with Crippen molar-refractivity contribution in [2.75, 3.05) is 6.54 Å². The topological polar surface area (TPSA) is 72.2 Å². The molecule has 0 spiro atoms. The number of carbonyl (C=O) groups is 1. The average molecular weight is 315 g/mol. The van der Waals surface area contributed by atoms with E-state index in [1.807, 2.05) is 0 Å². The smallest absolute Gasteiger partial charge is 0.284 e. The molecule has 0 radical (unpaired) electrons. The van der Waals surface area contributed by atoms with Crippen LogP contribution in [-0.4, -0.2) is 17.4 Å². The van der Waals surface area contributed by atoms with Crippen molar-refractivity contribution < 1.29 is 9.72 Å². The molecule has 1 amide bonds. The first-order valence-electron chi connectivity index (χ1n) is 5.64. The van der Waals surface area contributed by atoms with Crippen LogP contribution in [0.3, 0.4) is 0 Å². The minimum absolute atomic E-state index is 0.105. The lowest BCUT2D eigenvalue weighted by atomic mass is 10.1. The summed E-state index contributed by atoms with van der Waals surface area (Å²) in [5.41, 5.74) is 0.180. The summed E-state index contributed by atoms with van der Waals surface area (Å²) in [7, 11) is 0. The molecular weight excluding hydrogens is 300 g/mol. The molecule has 0 saturated heterocycles. The maximum Gasteiger partial charge on any atom is 0.284 e. The van der Waals surface area contributed by atoms with Crippen molar-refractivity contribution in [2.45, 2.75) is 20.3 Å². The van der Waals surface area contributed by atoms with E-state index >= 15 is 0 Å². The van der Waals surface area contributed by atoms with Gasteiger partial charge in [0.05, 0.1) is 10.5 Å². The van der Waals surface area contributed by atoms with E-state index in [0.717, 1.165) is 6.42 Å². The molecule has 98 valence electrons. The highest BCUT2D eigenvalue weighted by Gasteiger charge is 2.18. The molecule has 0 atom stereocenters. The van der Waals surface area contributed by atoms with Crippen molar-refractivity contribution in [1.82, 2.24) is 5.32 Å². The second-order valence-electron chi connectivity index (χ2n) is 4.33. The van der Waals surface area contributed by atoms with Gasteiger partial charge in [-0.1, -0.05) is 19.9 Å². The van der Waals surface area contributed by atoms with Gasteiger partial charge in [0.1, 0.15) is 4.47 Å². The number of hydrogen-bond donors (Lipinski definition) is 1. The summed E-state index contributed by atoms with van der Waals surface area (Å²) in [5.74, 6) is 0.199. The van der Waals surface area contributed by atoms with E-state index in [9.17, 15) is 14.9 Å². The molecule has 0 unspecified atom stereocenters. The highest BCUT2D eigenvalue weighted by Crippen LogP contribution is 2.28. The van der Waals surface area contributed by atoms with E-state index in [1.54, 1.807) is 6.07 Å². The minimum Gasteiger partial charge on any atom is -0.352 e. The number of benzene rings is 1. The highest BCUT2D eigenvalue weighted by molar-refractivity contribution is 9.10. The van der Waals surface area contributed by atoms with Crippen molar-refractivity contribution in [3.63, 3.8) is 0 Å². The number of hydrogen-bond acceptors (Lipinski definition) is 3. The lowest BCUT2D eigenvalue weighted by molar-refractivity contribution is -0.385. The Morgan fingerprint density at radius 2 is 2.17 bits per heavy atom. The van der Waals surface area contributed by atoms with Crippen LogP contribution in [0.1, 0.15) is 30.6 Å². The maximum absolute atomic E-state index is 11.9. The van der Waals surface area contributed by atoms with E-state index in [-0.39, 0.29) is 21.6 Å².